The van der Waals surface area contributed by atoms with Gasteiger partial charge in [-0.25, -0.2) is 9.80 Å². The van der Waals surface area contributed by atoms with Gasteiger partial charge in [-0.1, -0.05) is 28.4 Å². The first-order valence-corrected chi connectivity index (χ1v) is 6.55. The molecule has 1 aromatic carbocycles. The number of oxime groups is 1. The first kappa shape index (κ1) is 17.2. The van der Waals surface area contributed by atoms with Gasteiger partial charge in [-0.15, -0.1) is 0 Å². The number of carbonyl (C=O) groups is 2. The van der Waals surface area contributed by atoms with Gasteiger partial charge in [-0.2, -0.15) is 18.3 Å². The van der Waals surface area contributed by atoms with Crippen LogP contribution in [0.2, 0.25) is 10.0 Å². The number of nitrogens with zero attached hydrogens (tertiary/aromatic N) is 3. The average Bonchev–Trinajstić information content (AvgIpc) is 2.72. The van der Waals surface area contributed by atoms with Gasteiger partial charge in [0.2, 0.25) is 5.71 Å². The highest BCUT2D eigenvalue weighted by atomic mass is 35.5. The molecule has 0 unspecified atom stereocenters. The first-order chi connectivity index (χ1) is 10.6. The molecule has 23 heavy (non-hydrogen) atoms. The fraction of sp³-hybridized carbons (Fsp3) is 0.167. The Labute approximate surface area is 137 Å². The molecule has 0 atom stereocenters. The highest BCUT2D eigenvalue weighted by Gasteiger charge is 2.47. The number of hydrogen-bond acceptors (Lipinski definition) is 5. The lowest BCUT2D eigenvalue weighted by atomic mass is 10.2. The SMILES string of the molecule is CN1N=C(C(F)(F)F)/C(=N/OC(=O)c2ccc(Cl)cc2Cl)C1=O. The highest BCUT2D eigenvalue weighted by molar-refractivity contribution is 6.69. The van der Waals surface area contributed by atoms with Crippen LogP contribution in [0.3, 0.4) is 0 Å². The molecular weight excluding hydrogens is 362 g/mol. The molecule has 0 fully saturated rings. The Hall–Kier alpha value is -2.13. The van der Waals surface area contributed by atoms with E-state index in [2.05, 4.69) is 15.1 Å². The number of hydrogen-bond donors (Lipinski definition) is 0. The van der Waals surface area contributed by atoms with Gasteiger partial charge >= 0.3 is 12.1 Å². The van der Waals surface area contributed by atoms with Crippen LogP contribution in [0.4, 0.5) is 13.2 Å². The number of benzene rings is 1. The van der Waals surface area contributed by atoms with Crippen molar-refractivity contribution < 1.29 is 27.6 Å². The largest absolute Gasteiger partial charge is 0.437 e. The topological polar surface area (TPSA) is 71.3 Å². The van der Waals surface area contributed by atoms with Crippen molar-refractivity contribution in [3.8, 4) is 0 Å². The van der Waals surface area contributed by atoms with E-state index in [1.807, 2.05) is 0 Å². The summed E-state index contributed by atoms with van der Waals surface area (Å²) < 4.78 is 38.2. The summed E-state index contributed by atoms with van der Waals surface area (Å²) in [6.45, 7) is 0. The summed E-state index contributed by atoms with van der Waals surface area (Å²) in [7, 11) is 1.01. The lowest BCUT2D eigenvalue weighted by molar-refractivity contribution is -0.122. The average molecular weight is 368 g/mol. The maximum atomic E-state index is 12.7. The van der Waals surface area contributed by atoms with Crippen molar-refractivity contribution >= 4 is 46.5 Å². The Kier molecular flexibility index (Phi) is 4.62. The minimum Gasteiger partial charge on any atom is -0.312 e. The van der Waals surface area contributed by atoms with E-state index in [9.17, 15) is 22.8 Å². The predicted octanol–water partition coefficient (Wildman–Crippen LogP) is 2.90. The molecule has 1 aliphatic rings. The second kappa shape index (κ2) is 6.17. The summed E-state index contributed by atoms with van der Waals surface area (Å²) in [5.74, 6) is -2.31. The Morgan fingerprint density at radius 1 is 1.35 bits per heavy atom. The lowest BCUT2D eigenvalue weighted by Gasteiger charge is -2.05. The summed E-state index contributed by atoms with van der Waals surface area (Å²) in [5, 5.41) is 6.59. The molecule has 0 N–H and O–H groups in total. The Morgan fingerprint density at radius 2 is 2.00 bits per heavy atom. The van der Waals surface area contributed by atoms with E-state index in [4.69, 9.17) is 23.2 Å². The van der Waals surface area contributed by atoms with E-state index >= 15 is 0 Å². The highest BCUT2D eigenvalue weighted by Crippen LogP contribution is 2.24. The van der Waals surface area contributed by atoms with E-state index in [0.29, 0.717) is 5.01 Å². The molecule has 0 spiro atoms. The van der Waals surface area contributed by atoms with E-state index in [0.717, 1.165) is 7.05 Å². The van der Waals surface area contributed by atoms with Gasteiger partial charge in [-0.05, 0) is 18.2 Å². The van der Waals surface area contributed by atoms with Gasteiger partial charge in [0.15, 0.2) is 5.71 Å². The summed E-state index contributed by atoms with van der Waals surface area (Å²) in [6, 6.07) is 3.77. The van der Waals surface area contributed by atoms with Gasteiger partial charge in [-0.3, -0.25) is 4.79 Å². The van der Waals surface area contributed by atoms with Crippen LogP contribution in [0.1, 0.15) is 10.4 Å². The van der Waals surface area contributed by atoms with Gasteiger partial charge < -0.3 is 4.84 Å². The number of hydrazone groups is 1. The molecule has 0 radical (unpaired) electrons. The monoisotopic (exact) mass is 367 g/mol. The summed E-state index contributed by atoms with van der Waals surface area (Å²) in [5.41, 5.74) is -2.86. The lowest BCUT2D eigenvalue weighted by Crippen LogP contribution is -2.33. The molecule has 0 bridgehead atoms. The van der Waals surface area contributed by atoms with E-state index in [-0.39, 0.29) is 15.6 Å². The summed E-state index contributed by atoms with van der Waals surface area (Å²) >= 11 is 11.4. The summed E-state index contributed by atoms with van der Waals surface area (Å²) in [6.07, 6.45) is -4.93. The van der Waals surface area contributed by atoms with Crippen molar-refractivity contribution in [3.05, 3.63) is 33.8 Å². The zero-order valence-corrected chi connectivity index (χ0v) is 12.7. The van der Waals surface area contributed by atoms with Crippen molar-refractivity contribution in [2.45, 2.75) is 6.18 Å². The van der Waals surface area contributed by atoms with Gasteiger partial charge in [0.1, 0.15) is 0 Å². The van der Waals surface area contributed by atoms with Crippen LogP contribution in [-0.2, 0) is 9.63 Å². The molecule has 6 nitrogen and oxygen atoms in total. The number of amides is 1. The fourth-order valence-corrected chi connectivity index (χ4v) is 2.05. The third-order valence-electron chi connectivity index (χ3n) is 2.61. The van der Waals surface area contributed by atoms with Crippen LogP contribution in [0, 0.1) is 0 Å². The molecule has 1 heterocycles. The van der Waals surface area contributed by atoms with Crippen molar-refractivity contribution in [1.29, 1.82) is 0 Å². The molecule has 122 valence electrons. The maximum Gasteiger partial charge on any atom is 0.437 e. The van der Waals surface area contributed by atoms with E-state index in [1.165, 1.54) is 18.2 Å². The molecule has 2 rings (SSSR count). The van der Waals surface area contributed by atoms with Crippen molar-refractivity contribution in [2.24, 2.45) is 10.3 Å². The van der Waals surface area contributed by atoms with Crippen LogP contribution >= 0.6 is 23.2 Å². The van der Waals surface area contributed by atoms with Gasteiger partial charge in [0.25, 0.3) is 5.91 Å². The maximum absolute atomic E-state index is 12.7. The van der Waals surface area contributed by atoms with Crippen LogP contribution in [0.15, 0.2) is 28.5 Å². The third-order valence-corrected chi connectivity index (χ3v) is 3.16. The zero-order chi connectivity index (χ0) is 17.4. The first-order valence-electron chi connectivity index (χ1n) is 5.80. The van der Waals surface area contributed by atoms with Crippen LogP contribution in [-0.4, -0.2) is 41.5 Å². The molecule has 1 aromatic rings. The minimum atomic E-state index is -4.93. The van der Waals surface area contributed by atoms with Crippen LogP contribution in [0.5, 0.6) is 0 Å². The molecule has 0 aliphatic carbocycles. The number of carbonyl (C=O) groups excluding carboxylic acids is 2. The predicted molar refractivity (Wildman–Crippen MR) is 75.6 cm³/mol. The smallest absolute Gasteiger partial charge is 0.312 e. The summed E-state index contributed by atoms with van der Waals surface area (Å²) in [4.78, 5) is 27.7. The molecule has 11 heteroatoms. The van der Waals surface area contributed by atoms with E-state index in [1.54, 1.807) is 0 Å². The van der Waals surface area contributed by atoms with Crippen molar-refractivity contribution in [1.82, 2.24) is 5.01 Å². The second-order valence-electron chi connectivity index (χ2n) is 4.22. The third kappa shape index (κ3) is 3.62. The normalized spacial score (nSPS) is 16.8. The molecule has 0 aromatic heterocycles. The number of alkyl halides is 3. The minimum absolute atomic E-state index is 0.0812. The fourth-order valence-electron chi connectivity index (χ4n) is 1.56. The molecule has 0 saturated carbocycles. The molecule has 0 saturated heterocycles. The van der Waals surface area contributed by atoms with Crippen molar-refractivity contribution in [2.75, 3.05) is 7.05 Å². The van der Waals surface area contributed by atoms with Gasteiger partial charge in [0.05, 0.1) is 10.6 Å². The van der Waals surface area contributed by atoms with Gasteiger partial charge in [0, 0.05) is 12.1 Å². The molecule has 1 aliphatic heterocycles. The molecule has 1 amide bonds. The number of rotatable bonds is 2. The Bertz CT molecular complexity index is 747. The van der Waals surface area contributed by atoms with Crippen LogP contribution < -0.4 is 0 Å². The van der Waals surface area contributed by atoms with E-state index < -0.39 is 29.5 Å². The standard InChI is InChI=1S/C12H6Cl2F3N3O3/c1-20-10(21)8(9(18-20)12(15,16)17)19-23-11(22)6-3-2-5(13)4-7(6)14/h2-4H,1H3/b19-8-. The van der Waals surface area contributed by atoms with Crippen LogP contribution in [0.25, 0.3) is 0 Å². The second-order valence-corrected chi connectivity index (χ2v) is 5.06. The molecular formula is C12H6Cl2F3N3O3. The Morgan fingerprint density at radius 3 is 2.57 bits per heavy atom. The Balaban J connectivity index is 2.26. The quantitative estimate of drug-likeness (QED) is 0.595. The number of halogens is 5. The zero-order valence-electron chi connectivity index (χ0n) is 11.2. The van der Waals surface area contributed by atoms with Crippen molar-refractivity contribution in [3.63, 3.8) is 0 Å².